The molecule has 0 aromatic heterocycles. The molecule has 0 spiro atoms. The molecule has 3 N–H and O–H groups in total. The fraction of sp³-hybridized carbons (Fsp3) is 0.0714. The number of nitrogen functional groups attached to an aromatic ring is 1. The zero-order chi connectivity index (χ0) is 13.1. The predicted molar refractivity (Wildman–Crippen MR) is 68.9 cm³/mol. The molecule has 2 aromatic carbocycles. The standard InChI is InChI=1S/C14H13NO3/c1-18-13-8-9(6-7-12(13)16)14(17)10-4-2-3-5-11(10)15/h2-8,16H,15H2,1H3. The Morgan fingerprint density at radius 3 is 2.61 bits per heavy atom. The van der Waals surface area contributed by atoms with E-state index in [1.807, 2.05) is 0 Å². The van der Waals surface area contributed by atoms with E-state index >= 15 is 0 Å². The Morgan fingerprint density at radius 2 is 1.94 bits per heavy atom. The Bertz CT molecular complexity index is 593. The van der Waals surface area contributed by atoms with Crippen molar-refractivity contribution in [3.05, 3.63) is 53.6 Å². The van der Waals surface area contributed by atoms with Crippen LogP contribution < -0.4 is 10.5 Å². The van der Waals surface area contributed by atoms with E-state index in [1.165, 1.54) is 25.3 Å². The van der Waals surface area contributed by atoms with E-state index in [9.17, 15) is 9.90 Å². The van der Waals surface area contributed by atoms with Gasteiger partial charge in [0, 0.05) is 16.8 Å². The van der Waals surface area contributed by atoms with Crippen molar-refractivity contribution in [2.45, 2.75) is 0 Å². The average molecular weight is 243 g/mol. The topological polar surface area (TPSA) is 72.5 Å². The van der Waals surface area contributed by atoms with Crippen LogP contribution in [-0.4, -0.2) is 18.0 Å². The van der Waals surface area contributed by atoms with Gasteiger partial charge in [-0.3, -0.25) is 4.79 Å². The molecule has 0 aliphatic carbocycles. The quantitative estimate of drug-likeness (QED) is 0.640. The molecule has 4 heteroatoms. The number of hydrogen-bond donors (Lipinski definition) is 2. The summed E-state index contributed by atoms with van der Waals surface area (Å²) in [4.78, 5) is 12.2. The minimum absolute atomic E-state index is 0.00455. The molecule has 4 nitrogen and oxygen atoms in total. The molecule has 0 amide bonds. The third kappa shape index (κ3) is 2.13. The molecule has 2 rings (SSSR count). The molecule has 0 unspecified atom stereocenters. The second kappa shape index (κ2) is 4.79. The van der Waals surface area contributed by atoms with Crippen molar-refractivity contribution in [2.75, 3.05) is 12.8 Å². The molecule has 18 heavy (non-hydrogen) atoms. The Balaban J connectivity index is 2.44. The summed E-state index contributed by atoms with van der Waals surface area (Å²) < 4.78 is 4.97. The Labute approximate surface area is 105 Å². The first-order valence-corrected chi connectivity index (χ1v) is 5.39. The first kappa shape index (κ1) is 12.0. The van der Waals surface area contributed by atoms with Crippen molar-refractivity contribution in [2.24, 2.45) is 0 Å². The van der Waals surface area contributed by atoms with Crippen LogP contribution in [0.15, 0.2) is 42.5 Å². The minimum atomic E-state index is -0.202. The molecule has 0 bridgehead atoms. The van der Waals surface area contributed by atoms with E-state index in [1.54, 1.807) is 24.3 Å². The van der Waals surface area contributed by atoms with Gasteiger partial charge in [-0.2, -0.15) is 0 Å². The van der Waals surface area contributed by atoms with Crippen molar-refractivity contribution < 1.29 is 14.6 Å². The zero-order valence-electron chi connectivity index (χ0n) is 9.88. The van der Waals surface area contributed by atoms with Crippen LogP contribution >= 0.6 is 0 Å². The number of nitrogens with two attached hydrogens (primary N) is 1. The number of phenols is 1. The third-order valence-corrected chi connectivity index (χ3v) is 2.65. The molecule has 2 aromatic rings. The maximum absolute atomic E-state index is 12.2. The van der Waals surface area contributed by atoms with E-state index in [0.717, 1.165) is 0 Å². The number of methoxy groups -OCH3 is 1. The molecule has 0 atom stereocenters. The molecule has 92 valence electrons. The van der Waals surface area contributed by atoms with E-state index in [0.29, 0.717) is 16.8 Å². The molecule has 0 aliphatic rings. The first-order chi connectivity index (χ1) is 8.63. The summed E-state index contributed by atoms with van der Waals surface area (Å²) in [5, 5.41) is 9.48. The number of phenolic OH excluding ortho intramolecular Hbond substituents is 1. The molecule has 0 saturated carbocycles. The zero-order valence-corrected chi connectivity index (χ0v) is 9.88. The summed E-state index contributed by atoms with van der Waals surface area (Å²) in [6.45, 7) is 0. The first-order valence-electron chi connectivity index (χ1n) is 5.39. The maximum Gasteiger partial charge on any atom is 0.195 e. The Kier molecular flexibility index (Phi) is 3.19. The highest BCUT2D eigenvalue weighted by molar-refractivity contribution is 6.12. The summed E-state index contributed by atoms with van der Waals surface area (Å²) in [5.41, 5.74) is 7.04. The third-order valence-electron chi connectivity index (χ3n) is 2.65. The lowest BCUT2D eigenvalue weighted by molar-refractivity contribution is 0.103. The number of benzene rings is 2. The molecule has 0 heterocycles. The molecular formula is C14H13NO3. The summed E-state index contributed by atoms with van der Waals surface area (Å²) >= 11 is 0. The second-order valence-corrected chi connectivity index (χ2v) is 3.80. The molecule has 0 saturated heterocycles. The highest BCUT2D eigenvalue weighted by Crippen LogP contribution is 2.28. The van der Waals surface area contributed by atoms with E-state index in [-0.39, 0.29) is 17.3 Å². The molecule has 0 aliphatic heterocycles. The monoisotopic (exact) mass is 243 g/mol. The van der Waals surface area contributed by atoms with Crippen LogP contribution in [0.25, 0.3) is 0 Å². The van der Waals surface area contributed by atoms with Gasteiger partial charge in [-0.25, -0.2) is 0 Å². The largest absolute Gasteiger partial charge is 0.504 e. The molecular weight excluding hydrogens is 230 g/mol. The van der Waals surface area contributed by atoms with Crippen molar-refractivity contribution in [1.82, 2.24) is 0 Å². The number of rotatable bonds is 3. The number of carbonyl (C=O) groups excluding carboxylic acids is 1. The SMILES string of the molecule is COc1cc(C(=O)c2ccccc2N)ccc1O. The van der Waals surface area contributed by atoms with Crippen LogP contribution in [0.3, 0.4) is 0 Å². The van der Waals surface area contributed by atoms with Gasteiger partial charge in [0.05, 0.1) is 7.11 Å². The molecule has 0 fully saturated rings. The van der Waals surface area contributed by atoms with Crippen molar-refractivity contribution in [3.63, 3.8) is 0 Å². The van der Waals surface area contributed by atoms with E-state index in [2.05, 4.69) is 0 Å². The van der Waals surface area contributed by atoms with Crippen LogP contribution in [0.2, 0.25) is 0 Å². The lowest BCUT2D eigenvalue weighted by Crippen LogP contribution is -2.05. The van der Waals surface area contributed by atoms with Crippen LogP contribution in [0.5, 0.6) is 11.5 Å². The van der Waals surface area contributed by atoms with Gasteiger partial charge < -0.3 is 15.6 Å². The summed E-state index contributed by atoms with van der Waals surface area (Å²) in [6.07, 6.45) is 0. The van der Waals surface area contributed by atoms with E-state index < -0.39 is 0 Å². The van der Waals surface area contributed by atoms with Crippen LogP contribution in [0, 0.1) is 0 Å². The van der Waals surface area contributed by atoms with E-state index in [4.69, 9.17) is 10.5 Å². The normalized spacial score (nSPS) is 10.1. The van der Waals surface area contributed by atoms with Crippen LogP contribution in [0.4, 0.5) is 5.69 Å². The highest BCUT2D eigenvalue weighted by atomic mass is 16.5. The Morgan fingerprint density at radius 1 is 1.22 bits per heavy atom. The highest BCUT2D eigenvalue weighted by Gasteiger charge is 2.13. The number of hydrogen-bond acceptors (Lipinski definition) is 4. The van der Waals surface area contributed by atoms with Gasteiger partial charge in [-0.15, -0.1) is 0 Å². The summed E-state index contributed by atoms with van der Waals surface area (Å²) in [5.74, 6) is 0.0526. The van der Waals surface area contributed by atoms with Crippen molar-refractivity contribution in [3.8, 4) is 11.5 Å². The number of aromatic hydroxyl groups is 1. The van der Waals surface area contributed by atoms with Crippen LogP contribution in [-0.2, 0) is 0 Å². The van der Waals surface area contributed by atoms with Gasteiger partial charge >= 0.3 is 0 Å². The van der Waals surface area contributed by atoms with Gasteiger partial charge in [0.1, 0.15) is 0 Å². The van der Waals surface area contributed by atoms with Gasteiger partial charge in [-0.05, 0) is 30.3 Å². The van der Waals surface area contributed by atoms with Gasteiger partial charge in [-0.1, -0.05) is 12.1 Å². The number of anilines is 1. The lowest BCUT2D eigenvalue weighted by Gasteiger charge is -2.07. The fourth-order valence-corrected chi connectivity index (χ4v) is 1.68. The Hall–Kier alpha value is -2.49. The second-order valence-electron chi connectivity index (χ2n) is 3.80. The number of ether oxygens (including phenoxy) is 1. The fourth-order valence-electron chi connectivity index (χ4n) is 1.68. The minimum Gasteiger partial charge on any atom is -0.504 e. The summed E-state index contributed by atoms with van der Waals surface area (Å²) in [7, 11) is 1.43. The number of para-hydroxylation sites is 1. The lowest BCUT2D eigenvalue weighted by atomic mass is 10.0. The van der Waals surface area contributed by atoms with Crippen molar-refractivity contribution >= 4 is 11.5 Å². The number of ketones is 1. The maximum atomic E-state index is 12.2. The molecule has 0 radical (unpaired) electrons. The summed E-state index contributed by atoms with van der Waals surface area (Å²) in [6, 6.07) is 11.3. The van der Waals surface area contributed by atoms with Gasteiger partial charge in [0.15, 0.2) is 17.3 Å². The smallest absolute Gasteiger partial charge is 0.195 e. The number of carbonyl (C=O) groups is 1. The van der Waals surface area contributed by atoms with Gasteiger partial charge in [0.2, 0.25) is 0 Å². The predicted octanol–water partition coefficient (Wildman–Crippen LogP) is 2.21. The average Bonchev–Trinajstić information content (AvgIpc) is 2.39. The van der Waals surface area contributed by atoms with Crippen LogP contribution in [0.1, 0.15) is 15.9 Å². The van der Waals surface area contributed by atoms with Crippen molar-refractivity contribution in [1.29, 1.82) is 0 Å². The van der Waals surface area contributed by atoms with Gasteiger partial charge in [0.25, 0.3) is 0 Å².